The molecule has 0 aliphatic carbocycles. The first-order valence-corrected chi connectivity index (χ1v) is 10.7. The molecule has 2 aromatic carbocycles. The highest BCUT2D eigenvalue weighted by Crippen LogP contribution is 2.30. The van der Waals surface area contributed by atoms with Crippen LogP contribution < -0.4 is 20.3 Å². The van der Waals surface area contributed by atoms with Gasteiger partial charge in [0.2, 0.25) is 0 Å². The van der Waals surface area contributed by atoms with Crippen LogP contribution in [0.2, 0.25) is 5.02 Å². The van der Waals surface area contributed by atoms with Gasteiger partial charge in [-0.1, -0.05) is 23.7 Å². The number of methoxy groups -OCH3 is 1. The van der Waals surface area contributed by atoms with E-state index < -0.39 is 0 Å². The van der Waals surface area contributed by atoms with Gasteiger partial charge < -0.3 is 20.3 Å². The van der Waals surface area contributed by atoms with Crippen molar-refractivity contribution in [1.82, 2.24) is 20.4 Å². The molecule has 0 spiro atoms. The predicted molar refractivity (Wildman–Crippen MR) is 126 cm³/mol. The average Bonchev–Trinajstić information content (AvgIpc) is 3.47. The van der Waals surface area contributed by atoms with Crippen LogP contribution >= 0.6 is 11.6 Å². The topological polar surface area (TPSA) is 66.7 Å². The minimum Gasteiger partial charge on any atom is -0.495 e. The van der Waals surface area contributed by atoms with Crippen molar-refractivity contribution >= 4 is 23.2 Å². The molecule has 162 valence electrons. The van der Waals surface area contributed by atoms with Crippen LogP contribution in [0.25, 0.3) is 5.69 Å². The molecule has 0 amide bonds. The van der Waals surface area contributed by atoms with E-state index in [1.165, 1.54) is 0 Å². The summed E-state index contributed by atoms with van der Waals surface area (Å²) < 4.78 is 7.35. The van der Waals surface area contributed by atoms with Gasteiger partial charge in [0.1, 0.15) is 5.75 Å². The van der Waals surface area contributed by atoms with Crippen molar-refractivity contribution in [3.63, 3.8) is 0 Å². The fourth-order valence-electron chi connectivity index (χ4n) is 3.75. The zero-order valence-electron chi connectivity index (χ0n) is 17.8. The highest BCUT2D eigenvalue weighted by atomic mass is 35.5. The van der Waals surface area contributed by atoms with E-state index in [2.05, 4.69) is 31.7 Å². The second kappa shape index (κ2) is 9.75. The first kappa shape index (κ1) is 21.1. The Bertz CT molecular complexity index is 1030. The van der Waals surface area contributed by atoms with Crippen LogP contribution in [0.15, 0.2) is 65.9 Å². The van der Waals surface area contributed by atoms with E-state index in [9.17, 15) is 0 Å². The molecule has 1 aliphatic rings. The molecule has 0 radical (unpaired) electrons. The van der Waals surface area contributed by atoms with E-state index in [0.29, 0.717) is 17.6 Å². The number of halogens is 1. The molecule has 2 heterocycles. The lowest BCUT2D eigenvalue weighted by Crippen LogP contribution is -2.44. The number of para-hydroxylation sites is 2. The highest BCUT2D eigenvalue weighted by Gasteiger charge is 2.25. The lowest BCUT2D eigenvalue weighted by Gasteiger charge is -2.22. The highest BCUT2D eigenvalue weighted by molar-refractivity contribution is 6.30. The third-order valence-electron chi connectivity index (χ3n) is 5.37. The van der Waals surface area contributed by atoms with Gasteiger partial charge in [0.15, 0.2) is 5.96 Å². The summed E-state index contributed by atoms with van der Waals surface area (Å²) >= 11 is 5.96. The Morgan fingerprint density at radius 1 is 1.23 bits per heavy atom. The van der Waals surface area contributed by atoms with Crippen LogP contribution in [0.1, 0.15) is 12.0 Å². The van der Waals surface area contributed by atoms with Gasteiger partial charge in [0.05, 0.1) is 24.7 Å². The molecule has 1 atom stereocenters. The first-order chi connectivity index (χ1) is 15.2. The van der Waals surface area contributed by atoms with Gasteiger partial charge in [-0.3, -0.25) is 4.99 Å². The Hall–Kier alpha value is -3.19. The number of nitrogens with zero attached hydrogens (tertiary/aromatic N) is 4. The Morgan fingerprint density at radius 3 is 2.81 bits per heavy atom. The number of guanidine groups is 1. The van der Waals surface area contributed by atoms with Crippen LogP contribution in [-0.2, 0) is 6.54 Å². The second-order valence-electron chi connectivity index (χ2n) is 7.44. The van der Waals surface area contributed by atoms with E-state index in [1.54, 1.807) is 14.2 Å². The molecule has 1 saturated heterocycles. The number of benzene rings is 2. The molecule has 1 unspecified atom stereocenters. The fraction of sp³-hybridized carbons (Fsp3) is 0.304. The first-order valence-electron chi connectivity index (χ1n) is 10.3. The van der Waals surface area contributed by atoms with Gasteiger partial charge in [-0.15, -0.1) is 0 Å². The average molecular weight is 439 g/mol. The molecule has 31 heavy (non-hydrogen) atoms. The number of anilines is 1. The quantitative estimate of drug-likeness (QED) is 0.455. The Morgan fingerprint density at radius 2 is 2.03 bits per heavy atom. The molecular weight excluding hydrogens is 412 g/mol. The number of rotatable bonds is 6. The van der Waals surface area contributed by atoms with E-state index in [4.69, 9.17) is 16.3 Å². The predicted octanol–water partition coefficient (Wildman–Crippen LogP) is 3.48. The molecule has 7 nitrogen and oxygen atoms in total. The number of ether oxygens (including phenoxy) is 1. The van der Waals surface area contributed by atoms with Crippen LogP contribution in [0, 0.1) is 0 Å². The molecule has 8 heteroatoms. The number of hydrogen-bond acceptors (Lipinski definition) is 4. The van der Waals surface area contributed by atoms with Crippen LogP contribution in [-0.4, -0.2) is 49.0 Å². The Labute approximate surface area is 187 Å². The van der Waals surface area contributed by atoms with Gasteiger partial charge >= 0.3 is 0 Å². The number of nitrogens with one attached hydrogen (secondary N) is 2. The molecule has 1 aromatic heterocycles. The van der Waals surface area contributed by atoms with Crippen molar-refractivity contribution in [3.05, 3.63) is 71.5 Å². The molecule has 3 aromatic rings. The molecular formula is C23H27ClN6O. The Balaban J connectivity index is 1.31. The normalized spacial score (nSPS) is 16.4. The summed E-state index contributed by atoms with van der Waals surface area (Å²) in [6, 6.07) is 16.1. The molecule has 2 N–H and O–H groups in total. The van der Waals surface area contributed by atoms with Crippen molar-refractivity contribution < 1.29 is 4.74 Å². The van der Waals surface area contributed by atoms with Crippen molar-refractivity contribution in [2.45, 2.75) is 19.0 Å². The van der Waals surface area contributed by atoms with Gasteiger partial charge in [-0.2, -0.15) is 5.10 Å². The van der Waals surface area contributed by atoms with E-state index in [1.807, 2.05) is 59.5 Å². The number of aromatic nitrogens is 2. The van der Waals surface area contributed by atoms with Crippen molar-refractivity contribution in [2.24, 2.45) is 4.99 Å². The van der Waals surface area contributed by atoms with Crippen LogP contribution in [0.4, 0.5) is 5.69 Å². The van der Waals surface area contributed by atoms with Gasteiger partial charge in [-0.05, 0) is 42.8 Å². The van der Waals surface area contributed by atoms with Gasteiger partial charge in [0, 0.05) is 49.5 Å². The van der Waals surface area contributed by atoms with Crippen molar-refractivity contribution in [3.8, 4) is 11.4 Å². The fourth-order valence-corrected chi connectivity index (χ4v) is 3.87. The maximum Gasteiger partial charge on any atom is 0.191 e. The minimum absolute atomic E-state index is 0.313. The minimum atomic E-state index is 0.313. The van der Waals surface area contributed by atoms with Crippen molar-refractivity contribution in [1.29, 1.82) is 0 Å². The summed E-state index contributed by atoms with van der Waals surface area (Å²) in [6.07, 6.45) is 4.89. The number of hydrogen-bond donors (Lipinski definition) is 2. The molecule has 0 bridgehead atoms. The maximum absolute atomic E-state index is 5.96. The standard InChI is InChI=1S/C23H27ClN6O/c1-25-23(26-13-17-14-27-30(15-17)20-9-7-18(24)8-10-20)28-19-11-12-29(16-19)21-5-3-4-6-22(21)31-2/h3-10,14-15,19H,11-13,16H2,1-2H3,(H2,25,26,28). The smallest absolute Gasteiger partial charge is 0.191 e. The number of aliphatic imine (C=N–C) groups is 1. The zero-order valence-corrected chi connectivity index (χ0v) is 18.5. The van der Waals surface area contributed by atoms with Crippen LogP contribution in [0.3, 0.4) is 0 Å². The molecule has 4 rings (SSSR count). The second-order valence-corrected chi connectivity index (χ2v) is 7.88. The molecule has 0 saturated carbocycles. The summed E-state index contributed by atoms with van der Waals surface area (Å²) in [6.45, 7) is 2.51. The van der Waals surface area contributed by atoms with Gasteiger partial charge in [0.25, 0.3) is 0 Å². The lowest BCUT2D eigenvalue weighted by molar-refractivity contribution is 0.415. The lowest BCUT2D eigenvalue weighted by atomic mass is 10.2. The molecule has 1 fully saturated rings. The van der Waals surface area contributed by atoms with Crippen LogP contribution in [0.5, 0.6) is 5.75 Å². The summed E-state index contributed by atoms with van der Waals surface area (Å²) in [4.78, 5) is 6.73. The Kier molecular flexibility index (Phi) is 6.62. The van der Waals surface area contributed by atoms with E-state index in [-0.39, 0.29) is 0 Å². The monoisotopic (exact) mass is 438 g/mol. The summed E-state index contributed by atoms with van der Waals surface area (Å²) in [5.74, 6) is 1.69. The SMILES string of the molecule is CN=C(NCc1cnn(-c2ccc(Cl)cc2)c1)NC1CCN(c2ccccc2OC)C1. The summed E-state index contributed by atoms with van der Waals surface area (Å²) in [5, 5.41) is 12.1. The largest absolute Gasteiger partial charge is 0.495 e. The van der Waals surface area contributed by atoms with E-state index >= 15 is 0 Å². The van der Waals surface area contributed by atoms with Crippen molar-refractivity contribution in [2.75, 3.05) is 32.1 Å². The van der Waals surface area contributed by atoms with E-state index in [0.717, 1.165) is 48.2 Å². The van der Waals surface area contributed by atoms with Gasteiger partial charge in [-0.25, -0.2) is 4.68 Å². The summed E-state index contributed by atoms with van der Waals surface area (Å²) in [5.41, 5.74) is 3.17. The molecule has 1 aliphatic heterocycles. The third kappa shape index (κ3) is 5.11. The maximum atomic E-state index is 5.96. The zero-order chi connectivity index (χ0) is 21.6. The third-order valence-corrected chi connectivity index (χ3v) is 5.62. The summed E-state index contributed by atoms with van der Waals surface area (Å²) in [7, 11) is 3.50.